The number of rotatable bonds is 3. The molecule has 1 aliphatic carbocycles. The van der Waals surface area contributed by atoms with Crippen molar-refractivity contribution in [3.63, 3.8) is 0 Å². The Hall–Kier alpha value is -0.670. The third-order valence-corrected chi connectivity index (χ3v) is 3.26. The normalized spacial score (nSPS) is 21.8. The Morgan fingerprint density at radius 2 is 2.42 bits per heavy atom. The zero-order chi connectivity index (χ0) is 8.60. The van der Waals surface area contributed by atoms with Gasteiger partial charge in [-0.05, 0) is 35.2 Å². The topological polar surface area (TPSA) is 37.3 Å². The summed E-state index contributed by atoms with van der Waals surface area (Å²) in [6.07, 6.45) is 1.70. The average molecular weight is 182 g/mol. The van der Waals surface area contributed by atoms with E-state index in [1.54, 1.807) is 11.3 Å². The van der Waals surface area contributed by atoms with Crippen LogP contribution in [0.2, 0.25) is 0 Å². The smallest absolute Gasteiger partial charge is 0.149 e. The first-order valence-electron chi connectivity index (χ1n) is 3.96. The van der Waals surface area contributed by atoms with Gasteiger partial charge < -0.3 is 9.90 Å². The molecule has 1 saturated carbocycles. The van der Waals surface area contributed by atoms with Crippen molar-refractivity contribution in [1.29, 1.82) is 0 Å². The lowest BCUT2D eigenvalue weighted by Gasteiger charge is -2.15. The van der Waals surface area contributed by atoms with Gasteiger partial charge in [0.25, 0.3) is 0 Å². The maximum Gasteiger partial charge on any atom is 0.149 e. The van der Waals surface area contributed by atoms with Crippen LogP contribution in [-0.2, 0) is 10.2 Å². The second-order valence-corrected chi connectivity index (χ2v) is 4.03. The van der Waals surface area contributed by atoms with Crippen LogP contribution in [0.5, 0.6) is 0 Å². The van der Waals surface area contributed by atoms with Crippen LogP contribution in [0.15, 0.2) is 16.8 Å². The Bertz CT molecular complexity index is 275. The molecule has 1 N–H and O–H groups in total. The fourth-order valence-electron chi connectivity index (χ4n) is 1.57. The monoisotopic (exact) mass is 182 g/mol. The van der Waals surface area contributed by atoms with Crippen LogP contribution in [-0.4, -0.2) is 17.5 Å². The molecule has 0 spiro atoms. The minimum absolute atomic E-state index is 0.220. The van der Waals surface area contributed by atoms with Crippen molar-refractivity contribution in [2.45, 2.75) is 24.4 Å². The minimum atomic E-state index is -0.813. The Labute approximate surface area is 74.8 Å². The molecule has 0 amide bonds. The lowest BCUT2D eigenvalue weighted by atomic mass is 9.93. The molecule has 2 rings (SSSR count). The number of aliphatic hydroxyl groups excluding tert-OH is 1. The van der Waals surface area contributed by atoms with Crippen molar-refractivity contribution in [2.75, 3.05) is 0 Å². The number of carbonyl (C=O) groups excluding carboxylic acids is 1. The molecular weight excluding hydrogens is 172 g/mol. The van der Waals surface area contributed by atoms with Gasteiger partial charge in [0, 0.05) is 5.41 Å². The highest BCUT2D eigenvalue weighted by molar-refractivity contribution is 7.08. The van der Waals surface area contributed by atoms with Gasteiger partial charge in [-0.1, -0.05) is 0 Å². The number of aliphatic hydroxyl groups is 1. The van der Waals surface area contributed by atoms with Gasteiger partial charge >= 0.3 is 0 Å². The molecule has 0 bridgehead atoms. The van der Waals surface area contributed by atoms with Crippen molar-refractivity contribution in [3.8, 4) is 0 Å². The summed E-state index contributed by atoms with van der Waals surface area (Å²) in [4.78, 5) is 10.4. The quantitative estimate of drug-likeness (QED) is 0.716. The van der Waals surface area contributed by atoms with Crippen LogP contribution in [0.3, 0.4) is 0 Å². The van der Waals surface area contributed by atoms with Gasteiger partial charge in [0.2, 0.25) is 0 Å². The number of carbonyl (C=O) groups is 1. The second kappa shape index (κ2) is 2.68. The molecule has 1 aromatic rings. The first-order chi connectivity index (χ1) is 5.79. The van der Waals surface area contributed by atoms with Gasteiger partial charge in [0.05, 0.1) is 0 Å². The van der Waals surface area contributed by atoms with E-state index >= 15 is 0 Å². The van der Waals surface area contributed by atoms with Gasteiger partial charge in [0.15, 0.2) is 0 Å². The number of hydrogen-bond acceptors (Lipinski definition) is 3. The van der Waals surface area contributed by atoms with Crippen LogP contribution in [0, 0.1) is 0 Å². The summed E-state index contributed by atoms with van der Waals surface area (Å²) in [7, 11) is 0. The first-order valence-corrected chi connectivity index (χ1v) is 4.90. The Balaban J connectivity index is 2.28. The van der Waals surface area contributed by atoms with E-state index in [0.717, 1.165) is 18.4 Å². The zero-order valence-corrected chi connectivity index (χ0v) is 7.38. The molecule has 1 unspecified atom stereocenters. The van der Waals surface area contributed by atoms with Gasteiger partial charge in [-0.2, -0.15) is 11.3 Å². The molecule has 64 valence electrons. The minimum Gasteiger partial charge on any atom is -0.385 e. The van der Waals surface area contributed by atoms with Crippen LogP contribution >= 0.6 is 11.3 Å². The molecule has 1 aliphatic rings. The van der Waals surface area contributed by atoms with E-state index < -0.39 is 6.10 Å². The van der Waals surface area contributed by atoms with Gasteiger partial charge in [0.1, 0.15) is 12.4 Å². The van der Waals surface area contributed by atoms with Gasteiger partial charge in [-0.25, -0.2) is 0 Å². The zero-order valence-electron chi connectivity index (χ0n) is 6.56. The second-order valence-electron chi connectivity index (χ2n) is 3.25. The largest absolute Gasteiger partial charge is 0.385 e. The molecule has 1 aromatic heterocycles. The van der Waals surface area contributed by atoms with Crippen molar-refractivity contribution in [3.05, 3.63) is 22.4 Å². The predicted molar refractivity (Wildman–Crippen MR) is 47.3 cm³/mol. The summed E-state index contributed by atoms with van der Waals surface area (Å²) in [5.41, 5.74) is 0.897. The Morgan fingerprint density at radius 1 is 1.67 bits per heavy atom. The van der Waals surface area contributed by atoms with Gasteiger partial charge in [-0.15, -0.1) is 0 Å². The molecule has 2 nitrogen and oxygen atoms in total. The van der Waals surface area contributed by atoms with E-state index in [2.05, 4.69) is 0 Å². The highest BCUT2D eigenvalue weighted by Gasteiger charge is 2.50. The Kier molecular flexibility index (Phi) is 1.77. The molecule has 0 aromatic carbocycles. The standard InChI is InChI=1S/C9H10O2S/c10-5-8(11)9(2-3-9)7-1-4-12-6-7/h1,4-6,8,11H,2-3H2. The third kappa shape index (κ3) is 1.01. The predicted octanol–water partition coefficient (Wildman–Crippen LogP) is 1.34. The van der Waals surface area contributed by atoms with E-state index in [1.807, 2.05) is 16.8 Å². The molecule has 0 aliphatic heterocycles. The lowest BCUT2D eigenvalue weighted by Crippen LogP contribution is -2.26. The van der Waals surface area contributed by atoms with Crippen LogP contribution in [0.25, 0.3) is 0 Å². The fourth-order valence-corrected chi connectivity index (χ4v) is 2.33. The number of hydrogen-bond donors (Lipinski definition) is 1. The highest BCUT2D eigenvalue weighted by atomic mass is 32.1. The first kappa shape index (κ1) is 7.95. The van der Waals surface area contributed by atoms with E-state index in [-0.39, 0.29) is 5.41 Å². The fraction of sp³-hybridized carbons (Fsp3) is 0.444. The van der Waals surface area contributed by atoms with Crippen molar-refractivity contribution >= 4 is 17.6 Å². The molecule has 1 heterocycles. The molecule has 1 atom stereocenters. The average Bonchev–Trinajstić information content (AvgIpc) is 2.73. The third-order valence-electron chi connectivity index (χ3n) is 2.58. The molecule has 3 heteroatoms. The maximum atomic E-state index is 10.4. The summed E-state index contributed by atoms with van der Waals surface area (Å²) in [5, 5.41) is 13.4. The maximum absolute atomic E-state index is 10.4. The molecule has 1 fully saturated rings. The van der Waals surface area contributed by atoms with E-state index in [9.17, 15) is 9.90 Å². The number of aldehydes is 1. The van der Waals surface area contributed by atoms with Crippen molar-refractivity contribution in [2.24, 2.45) is 0 Å². The molecular formula is C9H10O2S. The summed E-state index contributed by atoms with van der Waals surface area (Å²) < 4.78 is 0. The van der Waals surface area contributed by atoms with Crippen molar-refractivity contribution in [1.82, 2.24) is 0 Å². The summed E-state index contributed by atoms with van der Waals surface area (Å²) >= 11 is 1.61. The van der Waals surface area contributed by atoms with E-state index in [0.29, 0.717) is 6.29 Å². The van der Waals surface area contributed by atoms with Crippen LogP contribution < -0.4 is 0 Å². The summed E-state index contributed by atoms with van der Waals surface area (Å²) in [6.45, 7) is 0. The van der Waals surface area contributed by atoms with E-state index in [1.165, 1.54) is 0 Å². The van der Waals surface area contributed by atoms with Crippen LogP contribution in [0.1, 0.15) is 18.4 Å². The lowest BCUT2D eigenvalue weighted by molar-refractivity contribution is -0.116. The van der Waals surface area contributed by atoms with Gasteiger partial charge in [-0.3, -0.25) is 0 Å². The van der Waals surface area contributed by atoms with E-state index in [4.69, 9.17) is 0 Å². The molecule has 0 radical (unpaired) electrons. The van der Waals surface area contributed by atoms with Crippen LogP contribution in [0.4, 0.5) is 0 Å². The van der Waals surface area contributed by atoms with Crippen molar-refractivity contribution < 1.29 is 9.90 Å². The molecule has 0 saturated heterocycles. The SMILES string of the molecule is O=CC(O)C1(c2ccsc2)CC1. The molecule has 12 heavy (non-hydrogen) atoms. The summed E-state index contributed by atoms with van der Waals surface area (Å²) in [6, 6.07) is 1.99. The highest BCUT2D eigenvalue weighted by Crippen LogP contribution is 2.51. The number of thiophene rings is 1. The Morgan fingerprint density at radius 3 is 2.83 bits per heavy atom. The summed E-state index contributed by atoms with van der Waals surface area (Å²) in [5.74, 6) is 0.